The number of rotatable bonds is 5. The molecule has 0 amide bonds. The molecule has 0 aromatic carbocycles. The van der Waals surface area contributed by atoms with E-state index in [9.17, 15) is 0 Å². The van der Waals surface area contributed by atoms with Gasteiger partial charge in [0.05, 0.1) is 24.3 Å². The van der Waals surface area contributed by atoms with E-state index in [1.807, 2.05) is 6.92 Å². The molecule has 2 heterocycles. The first-order valence-electron chi connectivity index (χ1n) is 5.08. The van der Waals surface area contributed by atoms with Gasteiger partial charge >= 0.3 is 0 Å². The molecule has 0 fully saturated rings. The Hall–Kier alpha value is -1.34. The number of aryl methyl sites for hydroxylation is 2. The highest BCUT2D eigenvalue weighted by Gasteiger charge is 2.00. The van der Waals surface area contributed by atoms with Crippen molar-refractivity contribution in [1.82, 2.24) is 30.5 Å². The topological polar surface area (TPSA) is 68.5 Å². The minimum atomic E-state index is 0.650. The summed E-state index contributed by atoms with van der Waals surface area (Å²) in [6.07, 6.45) is 0.935. The first kappa shape index (κ1) is 11.2. The van der Waals surface area contributed by atoms with Crippen LogP contribution < -0.4 is 5.32 Å². The summed E-state index contributed by atoms with van der Waals surface area (Å²) in [6, 6.07) is 0. The predicted octanol–water partition coefficient (Wildman–Crippen LogP) is 0.307. The van der Waals surface area contributed by atoms with Gasteiger partial charge in [0.15, 0.2) is 5.82 Å². The van der Waals surface area contributed by atoms with Gasteiger partial charge in [-0.25, -0.2) is 4.98 Å². The number of thiazole rings is 1. The molecule has 6 nitrogen and oxygen atoms in total. The molecule has 2 rings (SSSR count). The second-order valence-corrected chi connectivity index (χ2v) is 4.54. The second kappa shape index (κ2) is 5.13. The Morgan fingerprint density at radius 3 is 3.00 bits per heavy atom. The zero-order chi connectivity index (χ0) is 11.4. The number of aromatic nitrogens is 5. The molecule has 1 N–H and O–H groups in total. The van der Waals surface area contributed by atoms with Crippen LogP contribution in [0.1, 0.15) is 16.5 Å². The minimum Gasteiger partial charge on any atom is -0.309 e. The maximum absolute atomic E-state index is 4.39. The number of tetrazole rings is 1. The first-order valence-corrected chi connectivity index (χ1v) is 5.96. The Bertz CT molecular complexity index is 406. The summed E-state index contributed by atoms with van der Waals surface area (Å²) >= 11 is 1.69. The standard InChI is InChI=1S/C9H14N6S/c1-7-11-8(6-16-7)3-4-10-5-9-12-14-15(2)13-9/h6,10H,3-5H2,1-2H3. The molecular weight excluding hydrogens is 224 g/mol. The Labute approximate surface area is 97.7 Å². The fourth-order valence-electron chi connectivity index (χ4n) is 1.33. The molecular formula is C9H14N6S. The lowest BCUT2D eigenvalue weighted by Crippen LogP contribution is -2.17. The fraction of sp³-hybridized carbons (Fsp3) is 0.556. The molecule has 7 heteroatoms. The lowest BCUT2D eigenvalue weighted by Gasteiger charge is -1.98. The van der Waals surface area contributed by atoms with Gasteiger partial charge in [0.2, 0.25) is 0 Å². The van der Waals surface area contributed by atoms with Crippen LogP contribution >= 0.6 is 11.3 Å². The molecule has 0 spiro atoms. The van der Waals surface area contributed by atoms with Gasteiger partial charge < -0.3 is 5.32 Å². The predicted molar refractivity (Wildman–Crippen MR) is 61.1 cm³/mol. The minimum absolute atomic E-state index is 0.650. The van der Waals surface area contributed by atoms with Crippen LogP contribution in [0.15, 0.2) is 5.38 Å². The van der Waals surface area contributed by atoms with E-state index in [0.29, 0.717) is 6.54 Å². The van der Waals surface area contributed by atoms with Gasteiger partial charge in [-0.2, -0.15) is 4.80 Å². The highest BCUT2D eigenvalue weighted by Crippen LogP contribution is 2.07. The number of nitrogens with one attached hydrogen (secondary N) is 1. The molecule has 2 aromatic heterocycles. The highest BCUT2D eigenvalue weighted by molar-refractivity contribution is 7.09. The largest absolute Gasteiger partial charge is 0.309 e. The maximum Gasteiger partial charge on any atom is 0.188 e. The van der Waals surface area contributed by atoms with E-state index in [0.717, 1.165) is 29.5 Å². The SMILES string of the molecule is Cc1nc(CCNCc2nnn(C)n2)cs1. The second-order valence-electron chi connectivity index (χ2n) is 3.48. The Balaban J connectivity index is 1.69. The zero-order valence-corrected chi connectivity index (χ0v) is 10.2. The number of nitrogens with zero attached hydrogens (tertiary/aromatic N) is 5. The van der Waals surface area contributed by atoms with Gasteiger partial charge in [0, 0.05) is 18.3 Å². The monoisotopic (exact) mass is 238 g/mol. The third kappa shape index (κ3) is 3.07. The molecule has 0 atom stereocenters. The van der Waals surface area contributed by atoms with Gasteiger partial charge in [-0.05, 0) is 12.1 Å². The van der Waals surface area contributed by atoms with Gasteiger partial charge in [-0.15, -0.1) is 21.5 Å². The third-order valence-corrected chi connectivity index (χ3v) is 2.88. The smallest absolute Gasteiger partial charge is 0.188 e. The Morgan fingerprint density at radius 2 is 2.38 bits per heavy atom. The molecule has 0 bridgehead atoms. The fourth-order valence-corrected chi connectivity index (χ4v) is 1.98. The van der Waals surface area contributed by atoms with Crippen molar-refractivity contribution >= 4 is 11.3 Å². The summed E-state index contributed by atoms with van der Waals surface area (Å²) < 4.78 is 0. The van der Waals surface area contributed by atoms with Crippen molar-refractivity contribution in [3.8, 4) is 0 Å². The molecule has 16 heavy (non-hydrogen) atoms. The molecule has 0 saturated heterocycles. The van der Waals surface area contributed by atoms with Crippen molar-refractivity contribution in [3.05, 3.63) is 21.9 Å². The summed E-state index contributed by atoms with van der Waals surface area (Å²) in [5.74, 6) is 0.719. The summed E-state index contributed by atoms with van der Waals surface area (Å²) in [7, 11) is 1.76. The molecule has 0 unspecified atom stereocenters. The van der Waals surface area contributed by atoms with Crippen LogP contribution in [0.3, 0.4) is 0 Å². The third-order valence-electron chi connectivity index (χ3n) is 2.06. The van der Waals surface area contributed by atoms with Crippen molar-refractivity contribution in [2.75, 3.05) is 6.54 Å². The van der Waals surface area contributed by atoms with Crippen LogP contribution in [0, 0.1) is 6.92 Å². The van der Waals surface area contributed by atoms with Crippen LogP contribution in [0.25, 0.3) is 0 Å². The van der Waals surface area contributed by atoms with Gasteiger partial charge in [-0.1, -0.05) is 0 Å². The van der Waals surface area contributed by atoms with Crippen molar-refractivity contribution in [3.63, 3.8) is 0 Å². The van der Waals surface area contributed by atoms with Crippen LogP contribution in [-0.2, 0) is 20.0 Å². The molecule has 2 aromatic rings. The molecule has 0 aliphatic rings. The van der Waals surface area contributed by atoms with E-state index in [1.165, 1.54) is 4.80 Å². The summed E-state index contributed by atoms with van der Waals surface area (Å²) in [5, 5.41) is 18.2. The van der Waals surface area contributed by atoms with E-state index in [1.54, 1.807) is 18.4 Å². The Morgan fingerprint density at radius 1 is 1.50 bits per heavy atom. The summed E-state index contributed by atoms with van der Waals surface area (Å²) in [6.45, 7) is 3.55. The quantitative estimate of drug-likeness (QED) is 0.759. The van der Waals surface area contributed by atoms with Gasteiger partial charge in [-0.3, -0.25) is 0 Å². The van der Waals surface area contributed by atoms with Crippen molar-refractivity contribution in [2.24, 2.45) is 7.05 Å². The van der Waals surface area contributed by atoms with Crippen molar-refractivity contribution in [1.29, 1.82) is 0 Å². The highest BCUT2D eigenvalue weighted by atomic mass is 32.1. The Kier molecular flexibility index (Phi) is 3.58. The molecule has 0 radical (unpaired) electrons. The zero-order valence-electron chi connectivity index (χ0n) is 9.34. The summed E-state index contributed by atoms with van der Waals surface area (Å²) in [5.41, 5.74) is 1.14. The molecule has 0 aliphatic heterocycles. The average Bonchev–Trinajstić information content (AvgIpc) is 2.83. The molecule has 0 aliphatic carbocycles. The summed E-state index contributed by atoms with van der Waals surface area (Å²) in [4.78, 5) is 5.85. The molecule has 86 valence electrons. The first-order chi connectivity index (χ1) is 7.74. The normalized spacial score (nSPS) is 10.9. The van der Waals surface area contributed by atoms with Crippen LogP contribution in [0.2, 0.25) is 0 Å². The van der Waals surface area contributed by atoms with Crippen LogP contribution in [0.4, 0.5) is 0 Å². The number of hydrogen-bond donors (Lipinski definition) is 1. The van der Waals surface area contributed by atoms with Crippen molar-refractivity contribution in [2.45, 2.75) is 19.9 Å². The van der Waals surface area contributed by atoms with E-state index in [2.05, 4.69) is 31.1 Å². The average molecular weight is 238 g/mol. The van der Waals surface area contributed by atoms with Crippen molar-refractivity contribution < 1.29 is 0 Å². The molecule has 0 saturated carbocycles. The van der Waals surface area contributed by atoms with E-state index >= 15 is 0 Å². The van der Waals surface area contributed by atoms with E-state index in [-0.39, 0.29) is 0 Å². The number of hydrogen-bond acceptors (Lipinski definition) is 6. The lowest BCUT2D eigenvalue weighted by atomic mass is 10.3. The van der Waals surface area contributed by atoms with E-state index < -0.39 is 0 Å². The van der Waals surface area contributed by atoms with Crippen LogP contribution in [-0.4, -0.2) is 31.7 Å². The lowest BCUT2D eigenvalue weighted by molar-refractivity contribution is 0.618. The van der Waals surface area contributed by atoms with Crippen LogP contribution in [0.5, 0.6) is 0 Å². The van der Waals surface area contributed by atoms with E-state index in [4.69, 9.17) is 0 Å². The van der Waals surface area contributed by atoms with Gasteiger partial charge in [0.25, 0.3) is 0 Å². The maximum atomic E-state index is 4.39. The van der Waals surface area contributed by atoms with Gasteiger partial charge in [0.1, 0.15) is 0 Å².